The molecule has 1 aromatic carbocycles. The lowest BCUT2D eigenvalue weighted by Crippen LogP contribution is -2.16. The molecule has 0 spiro atoms. The van der Waals surface area contributed by atoms with Crippen molar-refractivity contribution in [3.8, 4) is 0 Å². The molecule has 2 nitrogen and oxygen atoms in total. The van der Waals surface area contributed by atoms with E-state index >= 15 is 0 Å². The van der Waals surface area contributed by atoms with Crippen LogP contribution in [0.15, 0.2) is 40.3 Å². The van der Waals surface area contributed by atoms with Crippen molar-refractivity contribution < 1.29 is 38.2 Å². The van der Waals surface area contributed by atoms with Gasteiger partial charge in [-0.2, -0.15) is 13.2 Å². The number of hydrogen-bond acceptors (Lipinski definition) is 2. The highest BCUT2D eigenvalue weighted by molar-refractivity contribution is 8.49. The molecule has 1 fully saturated rings. The fourth-order valence-electron chi connectivity index (χ4n) is 2.99. The van der Waals surface area contributed by atoms with Crippen LogP contribution in [0.4, 0.5) is 28.7 Å². The summed E-state index contributed by atoms with van der Waals surface area (Å²) in [4.78, 5) is 10.8. The molecule has 2 unspecified atom stereocenters. The van der Waals surface area contributed by atoms with Gasteiger partial charge in [0, 0.05) is 0 Å². The maximum absolute atomic E-state index is 13.7. The second-order valence-corrected chi connectivity index (χ2v) is 11.6. The topological polar surface area (TPSA) is 26.3 Å². The monoisotopic (exact) mass is 468 g/mol. The molecule has 2 atom stereocenters. The van der Waals surface area contributed by atoms with E-state index in [0.29, 0.717) is 19.1 Å². The summed E-state index contributed by atoms with van der Waals surface area (Å²) in [6, 6.07) is 3.16. The molecule has 0 aliphatic heterocycles. The Balaban J connectivity index is 2.05. The van der Waals surface area contributed by atoms with Crippen LogP contribution in [-0.2, 0) is 16.1 Å². The molecule has 0 aromatic heterocycles. The molecule has 1 aliphatic carbocycles. The fourth-order valence-corrected chi connectivity index (χ4v) is 4.20. The molecule has 1 aromatic rings. The average molecular weight is 469 g/mol. The summed E-state index contributed by atoms with van der Waals surface area (Å²) < 4.78 is 97.7. The van der Waals surface area contributed by atoms with Gasteiger partial charge < -0.3 is 4.74 Å². The molecular formula is C18H20ClF7O2S. The van der Waals surface area contributed by atoms with E-state index in [1.54, 1.807) is 13.8 Å². The van der Waals surface area contributed by atoms with Crippen molar-refractivity contribution in [1.82, 2.24) is 0 Å². The summed E-state index contributed by atoms with van der Waals surface area (Å²) in [5, 5.41) is -1.33. The van der Waals surface area contributed by atoms with Crippen molar-refractivity contribution in [2.45, 2.75) is 38.4 Å². The summed E-state index contributed by atoms with van der Waals surface area (Å²) in [5.74, 6) is -4.04. The van der Waals surface area contributed by atoms with Gasteiger partial charge in [0.05, 0.1) is 16.6 Å². The van der Waals surface area contributed by atoms with Crippen LogP contribution >= 0.6 is 21.4 Å². The first-order valence-electron chi connectivity index (χ1n) is 8.52. The summed E-state index contributed by atoms with van der Waals surface area (Å²) >= 11 is 5.21. The van der Waals surface area contributed by atoms with E-state index in [4.69, 9.17) is 16.3 Å². The molecule has 1 saturated carbocycles. The minimum Gasteiger partial charge on any atom is -0.461 e. The van der Waals surface area contributed by atoms with Gasteiger partial charge in [0.25, 0.3) is 0 Å². The molecule has 0 saturated heterocycles. The second kappa shape index (κ2) is 6.54. The van der Waals surface area contributed by atoms with Gasteiger partial charge in [-0.1, -0.05) is 43.7 Å². The molecule has 1 aliphatic rings. The number of halogens is 8. The van der Waals surface area contributed by atoms with Gasteiger partial charge >= 0.3 is 12.1 Å². The van der Waals surface area contributed by atoms with E-state index < -0.39 is 61.5 Å². The van der Waals surface area contributed by atoms with Crippen LogP contribution in [0.25, 0.3) is 0 Å². The van der Waals surface area contributed by atoms with Crippen LogP contribution in [-0.4, -0.2) is 17.9 Å². The van der Waals surface area contributed by atoms with E-state index in [2.05, 4.69) is 0 Å². The first kappa shape index (κ1) is 23.9. The zero-order valence-corrected chi connectivity index (χ0v) is 17.3. The maximum atomic E-state index is 13.7. The van der Waals surface area contributed by atoms with Crippen molar-refractivity contribution >= 4 is 27.4 Å². The first-order valence-corrected chi connectivity index (χ1v) is 11.1. The Labute approximate surface area is 168 Å². The lowest BCUT2D eigenvalue weighted by atomic mass is 10.1. The van der Waals surface area contributed by atoms with Gasteiger partial charge in [0.1, 0.15) is 11.6 Å². The predicted octanol–water partition coefficient (Wildman–Crippen LogP) is 7.48. The SMILES string of the molecule is CCS(F)(F)(F)(F)c1ccc(COC(=O)C2C(C=C(Cl)C(F)(F)F)C2(C)C)cc1. The fraction of sp³-hybridized carbons (Fsp3) is 0.500. The number of alkyl halides is 3. The lowest BCUT2D eigenvalue weighted by molar-refractivity contribution is -0.147. The number of allylic oxidation sites excluding steroid dienone is 2. The number of rotatable bonds is 6. The second-order valence-electron chi connectivity index (χ2n) is 7.62. The quantitative estimate of drug-likeness (QED) is 0.319. The van der Waals surface area contributed by atoms with Crippen LogP contribution in [0, 0.1) is 17.3 Å². The molecule has 2 rings (SSSR count). The van der Waals surface area contributed by atoms with Gasteiger partial charge in [-0.15, -0.1) is 15.5 Å². The average Bonchev–Trinajstić information content (AvgIpc) is 3.12. The predicted molar refractivity (Wildman–Crippen MR) is 97.8 cm³/mol. The smallest absolute Gasteiger partial charge is 0.426 e. The standard InChI is InChI=1S/C18H20ClF7O2S/c1-4-29(23,24,25,26)12-7-5-11(6-8-12)10-28-16(27)15-13(17(15,2)3)9-14(19)18(20,21)22/h5-9,13,15H,4,10H2,1-3H3. The van der Waals surface area contributed by atoms with Crippen molar-refractivity contribution in [1.29, 1.82) is 0 Å². The summed E-state index contributed by atoms with van der Waals surface area (Å²) in [5.41, 5.74) is -0.618. The summed E-state index contributed by atoms with van der Waals surface area (Å²) in [6.45, 7) is 3.46. The molecule has 11 heteroatoms. The lowest BCUT2D eigenvalue weighted by Gasteiger charge is -2.49. The molecular weight excluding hydrogens is 449 g/mol. The molecule has 0 bridgehead atoms. The molecule has 29 heavy (non-hydrogen) atoms. The third kappa shape index (κ3) is 5.02. The number of ether oxygens (including phenoxy) is 1. The number of benzene rings is 1. The van der Waals surface area contributed by atoms with Crippen LogP contribution in [0.1, 0.15) is 26.3 Å². The van der Waals surface area contributed by atoms with E-state index in [1.807, 2.05) is 0 Å². The number of carbonyl (C=O) groups is 1. The highest BCUT2D eigenvalue weighted by Crippen LogP contribution is 3.00. The summed E-state index contributed by atoms with van der Waals surface area (Å²) in [6.07, 6.45) is -3.96. The molecule has 166 valence electrons. The van der Waals surface area contributed by atoms with Gasteiger partial charge in [0.15, 0.2) is 9.84 Å². The van der Waals surface area contributed by atoms with Crippen LogP contribution in [0.3, 0.4) is 0 Å². The Morgan fingerprint density at radius 3 is 2.14 bits per heavy atom. The van der Waals surface area contributed by atoms with Crippen molar-refractivity contribution in [2.24, 2.45) is 17.3 Å². The summed E-state index contributed by atoms with van der Waals surface area (Å²) in [7, 11) is -8.32. The minimum absolute atomic E-state index is 0.186. The third-order valence-electron chi connectivity index (χ3n) is 5.17. The molecule has 0 N–H and O–H groups in total. The van der Waals surface area contributed by atoms with Crippen molar-refractivity contribution in [3.05, 3.63) is 40.9 Å². The Morgan fingerprint density at radius 2 is 1.69 bits per heavy atom. The number of carbonyl (C=O) groups excluding carboxylic acids is 1. The van der Waals surface area contributed by atoms with Crippen LogP contribution in [0.2, 0.25) is 0 Å². The highest BCUT2D eigenvalue weighted by atomic mass is 35.5. The molecule has 0 radical (unpaired) electrons. The Hall–Kier alpha value is -1.42. The zero-order valence-electron chi connectivity index (χ0n) is 15.7. The van der Waals surface area contributed by atoms with E-state index in [1.165, 1.54) is 0 Å². The normalized spacial score (nSPS) is 24.4. The Bertz CT molecular complexity index is 840. The van der Waals surface area contributed by atoms with E-state index in [-0.39, 0.29) is 5.56 Å². The Morgan fingerprint density at radius 1 is 1.17 bits per heavy atom. The molecule has 0 heterocycles. The van der Waals surface area contributed by atoms with Gasteiger partial charge in [-0.25, -0.2) is 0 Å². The first-order chi connectivity index (χ1) is 12.8. The highest BCUT2D eigenvalue weighted by Gasteiger charge is 2.63. The number of esters is 1. The van der Waals surface area contributed by atoms with Gasteiger partial charge in [-0.3, -0.25) is 4.79 Å². The van der Waals surface area contributed by atoms with Crippen LogP contribution in [0.5, 0.6) is 0 Å². The maximum Gasteiger partial charge on any atom is 0.426 e. The van der Waals surface area contributed by atoms with E-state index in [0.717, 1.165) is 18.2 Å². The van der Waals surface area contributed by atoms with Gasteiger partial charge in [0.2, 0.25) is 0 Å². The van der Waals surface area contributed by atoms with Crippen molar-refractivity contribution in [3.63, 3.8) is 0 Å². The van der Waals surface area contributed by atoms with Crippen LogP contribution < -0.4 is 0 Å². The Kier molecular flexibility index (Phi) is 5.38. The number of hydrogen-bond donors (Lipinski definition) is 0. The minimum atomic E-state index is -8.32. The third-order valence-corrected chi connectivity index (χ3v) is 7.99. The largest absolute Gasteiger partial charge is 0.461 e. The van der Waals surface area contributed by atoms with Gasteiger partial charge in [-0.05, 0) is 36.0 Å². The van der Waals surface area contributed by atoms with Crippen molar-refractivity contribution in [2.75, 3.05) is 5.75 Å². The molecule has 0 amide bonds. The van der Waals surface area contributed by atoms with E-state index in [9.17, 15) is 33.5 Å². The zero-order chi connectivity index (χ0) is 22.5.